The Morgan fingerprint density at radius 2 is 1.71 bits per heavy atom. The van der Waals surface area contributed by atoms with Crippen LogP contribution in [0.15, 0.2) is 42.5 Å². The Balaban J connectivity index is 2.27. The largest absolute Gasteiger partial charge is 0.493 e. The Bertz CT molecular complexity index is 837. The molecule has 1 N–H and O–H groups in total. The lowest BCUT2D eigenvalue weighted by atomic mass is 10.0. The van der Waals surface area contributed by atoms with Gasteiger partial charge in [0, 0.05) is 10.6 Å². The molecule has 7 heteroatoms. The molecule has 150 valence electrons. The zero-order chi connectivity index (χ0) is 20.7. The molecule has 0 aromatic heterocycles. The topological polar surface area (TPSA) is 73.9 Å². The van der Waals surface area contributed by atoms with E-state index in [1.807, 2.05) is 0 Å². The van der Waals surface area contributed by atoms with Crippen LogP contribution in [-0.4, -0.2) is 32.2 Å². The first-order valence-electron chi connectivity index (χ1n) is 8.82. The molecule has 0 spiro atoms. The average Bonchev–Trinajstić information content (AvgIpc) is 2.66. The highest BCUT2D eigenvalue weighted by molar-refractivity contribution is 6.31. The van der Waals surface area contributed by atoms with Crippen molar-refractivity contribution in [1.82, 2.24) is 5.32 Å². The first-order valence-corrected chi connectivity index (χ1v) is 9.20. The Morgan fingerprint density at radius 3 is 2.32 bits per heavy atom. The van der Waals surface area contributed by atoms with Crippen LogP contribution in [0.3, 0.4) is 0 Å². The third-order valence-electron chi connectivity index (χ3n) is 3.97. The van der Waals surface area contributed by atoms with Gasteiger partial charge in [-0.05, 0) is 43.7 Å². The zero-order valence-corrected chi connectivity index (χ0v) is 17.1. The van der Waals surface area contributed by atoms with E-state index in [0.717, 1.165) is 0 Å². The van der Waals surface area contributed by atoms with Gasteiger partial charge in [-0.2, -0.15) is 0 Å². The van der Waals surface area contributed by atoms with E-state index in [1.165, 1.54) is 14.2 Å². The number of amides is 1. The van der Waals surface area contributed by atoms with E-state index in [4.69, 9.17) is 25.8 Å². The lowest BCUT2D eigenvalue weighted by Crippen LogP contribution is -2.31. The van der Waals surface area contributed by atoms with Crippen molar-refractivity contribution >= 4 is 23.5 Å². The smallest absolute Gasteiger partial charge is 0.308 e. The van der Waals surface area contributed by atoms with Gasteiger partial charge in [-0.25, -0.2) is 0 Å². The minimum atomic E-state index is -0.638. The van der Waals surface area contributed by atoms with Crippen LogP contribution in [0.25, 0.3) is 0 Å². The number of rotatable bonds is 8. The Hall–Kier alpha value is -2.73. The van der Waals surface area contributed by atoms with E-state index in [9.17, 15) is 9.59 Å². The van der Waals surface area contributed by atoms with Gasteiger partial charge >= 0.3 is 5.97 Å². The van der Waals surface area contributed by atoms with Crippen LogP contribution in [0.5, 0.6) is 11.5 Å². The lowest BCUT2D eigenvalue weighted by molar-refractivity contribution is -0.147. The maximum atomic E-state index is 12.8. The molecule has 0 radical (unpaired) electrons. The Labute approximate surface area is 169 Å². The molecule has 0 bridgehead atoms. The summed E-state index contributed by atoms with van der Waals surface area (Å²) >= 11 is 6.28. The van der Waals surface area contributed by atoms with Crippen LogP contribution in [0.1, 0.15) is 42.2 Å². The summed E-state index contributed by atoms with van der Waals surface area (Å²) in [4.78, 5) is 25.0. The molecule has 0 fully saturated rings. The van der Waals surface area contributed by atoms with Gasteiger partial charge < -0.3 is 19.5 Å². The van der Waals surface area contributed by atoms with E-state index >= 15 is 0 Å². The number of hydrogen-bond acceptors (Lipinski definition) is 5. The Morgan fingerprint density at radius 1 is 1.04 bits per heavy atom. The maximum Gasteiger partial charge on any atom is 0.308 e. The van der Waals surface area contributed by atoms with Crippen LogP contribution < -0.4 is 14.8 Å². The minimum absolute atomic E-state index is 0.0407. The number of benzene rings is 2. The van der Waals surface area contributed by atoms with E-state index < -0.39 is 12.0 Å². The number of nitrogens with one attached hydrogen (secondary N) is 1. The summed E-state index contributed by atoms with van der Waals surface area (Å²) in [7, 11) is 3.01. The standard InChI is InChI=1S/C21H24ClNO5/c1-13(2)28-20(24)12-17(15-7-5-6-8-16(15)22)23-21(25)14-9-10-18(26-3)19(11-14)27-4/h5-11,13,17H,12H2,1-4H3,(H,23,25). The van der Waals surface area contributed by atoms with E-state index in [0.29, 0.717) is 27.6 Å². The molecule has 6 nitrogen and oxygen atoms in total. The maximum absolute atomic E-state index is 12.8. The number of carbonyl (C=O) groups is 2. The molecule has 0 aliphatic heterocycles. The fraction of sp³-hybridized carbons (Fsp3) is 0.333. The average molecular weight is 406 g/mol. The highest BCUT2D eigenvalue weighted by atomic mass is 35.5. The molecular formula is C21H24ClNO5. The number of esters is 1. The van der Waals surface area contributed by atoms with Crippen molar-refractivity contribution in [2.45, 2.75) is 32.4 Å². The molecule has 1 amide bonds. The number of methoxy groups -OCH3 is 2. The van der Waals surface area contributed by atoms with Gasteiger partial charge in [0.25, 0.3) is 5.91 Å². The van der Waals surface area contributed by atoms with Gasteiger partial charge in [0.15, 0.2) is 11.5 Å². The normalized spacial score (nSPS) is 11.6. The number of halogens is 1. The van der Waals surface area contributed by atoms with Gasteiger partial charge in [0.1, 0.15) is 0 Å². The molecule has 2 rings (SSSR count). The molecule has 2 aromatic carbocycles. The summed E-state index contributed by atoms with van der Waals surface area (Å²) < 4.78 is 15.7. The molecule has 28 heavy (non-hydrogen) atoms. The third kappa shape index (κ3) is 5.63. The predicted octanol–water partition coefficient (Wildman–Crippen LogP) is 4.17. The van der Waals surface area contributed by atoms with Gasteiger partial charge in [0.05, 0.1) is 32.8 Å². The van der Waals surface area contributed by atoms with Gasteiger partial charge in [-0.15, -0.1) is 0 Å². The van der Waals surface area contributed by atoms with E-state index in [2.05, 4.69) is 5.32 Å². The van der Waals surface area contributed by atoms with Crippen molar-refractivity contribution in [3.05, 3.63) is 58.6 Å². The monoisotopic (exact) mass is 405 g/mol. The summed E-state index contributed by atoms with van der Waals surface area (Å²) in [6.45, 7) is 3.54. The summed E-state index contributed by atoms with van der Waals surface area (Å²) in [5, 5.41) is 3.32. The van der Waals surface area contributed by atoms with Crippen LogP contribution >= 0.6 is 11.6 Å². The van der Waals surface area contributed by atoms with Crippen LogP contribution in [0, 0.1) is 0 Å². The van der Waals surface area contributed by atoms with Crippen molar-refractivity contribution in [3.8, 4) is 11.5 Å². The number of hydrogen-bond donors (Lipinski definition) is 1. The summed E-state index contributed by atoms with van der Waals surface area (Å²) in [6, 6.07) is 11.3. The summed E-state index contributed by atoms with van der Waals surface area (Å²) in [5.74, 6) is 0.154. The van der Waals surface area contributed by atoms with Gasteiger partial charge in [0.2, 0.25) is 0 Å². The molecule has 0 heterocycles. The predicted molar refractivity (Wildman–Crippen MR) is 107 cm³/mol. The molecule has 1 unspecified atom stereocenters. The highest BCUT2D eigenvalue weighted by Gasteiger charge is 2.23. The van der Waals surface area contributed by atoms with Crippen LogP contribution in [0.2, 0.25) is 5.02 Å². The van der Waals surface area contributed by atoms with Crippen molar-refractivity contribution in [2.75, 3.05) is 14.2 Å². The number of carbonyl (C=O) groups excluding carboxylic acids is 2. The van der Waals surface area contributed by atoms with Crippen LogP contribution in [0.4, 0.5) is 0 Å². The molecule has 0 aliphatic rings. The fourth-order valence-corrected chi connectivity index (χ4v) is 2.96. The minimum Gasteiger partial charge on any atom is -0.493 e. The van der Waals surface area contributed by atoms with Crippen LogP contribution in [-0.2, 0) is 9.53 Å². The Kier molecular flexibility index (Phi) is 7.70. The molecule has 0 saturated carbocycles. The second-order valence-electron chi connectivity index (χ2n) is 6.36. The fourth-order valence-electron chi connectivity index (χ4n) is 2.69. The molecule has 1 atom stereocenters. The SMILES string of the molecule is COc1ccc(C(=O)NC(CC(=O)OC(C)C)c2ccccc2Cl)cc1OC. The zero-order valence-electron chi connectivity index (χ0n) is 16.3. The van der Waals surface area contributed by atoms with Crippen molar-refractivity contribution < 1.29 is 23.8 Å². The molecule has 0 aliphatic carbocycles. The summed E-state index contributed by atoms with van der Waals surface area (Å²) in [5.41, 5.74) is 1.01. The molecule has 2 aromatic rings. The van der Waals surface area contributed by atoms with Crippen molar-refractivity contribution in [3.63, 3.8) is 0 Å². The van der Waals surface area contributed by atoms with Crippen molar-refractivity contribution in [2.24, 2.45) is 0 Å². The second kappa shape index (κ2) is 9.99. The first kappa shape index (κ1) is 21.6. The summed E-state index contributed by atoms with van der Waals surface area (Å²) in [6.07, 6.45) is -0.290. The second-order valence-corrected chi connectivity index (χ2v) is 6.77. The molecular weight excluding hydrogens is 382 g/mol. The van der Waals surface area contributed by atoms with Gasteiger partial charge in [-0.1, -0.05) is 29.8 Å². The number of ether oxygens (including phenoxy) is 3. The van der Waals surface area contributed by atoms with Crippen molar-refractivity contribution in [1.29, 1.82) is 0 Å². The van der Waals surface area contributed by atoms with Gasteiger partial charge in [-0.3, -0.25) is 9.59 Å². The quantitative estimate of drug-likeness (QED) is 0.667. The highest BCUT2D eigenvalue weighted by Crippen LogP contribution is 2.29. The van der Waals surface area contributed by atoms with E-state index in [-0.39, 0.29) is 18.4 Å². The first-order chi connectivity index (χ1) is 13.3. The molecule has 0 saturated heterocycles. The lowest BCUT2D eigenvalue weighted by Gasteiger charge is -2.21. The van der Waals surface area contributed by atoms with E-state index in [1.54, 1.807) is 56.3 Å². The third-order valence-corrected chi connectivity index (χ3v) is 4.31.